The van der Waals surface area contributed by atoms with Crippen molar-refractivity contribution in [3.05, 3.63) is 322 Å². The molecule has 0 aliphatic carbocycles. The van der Waals surface area contributed by atoms with Gasteiger partial charge >= 0.3 is 0 Å². The van der Waals surface area contributed by atoms with Crippen LogP contribution in [0.2, 0.25) is 0 Å². The van der Waals surface area contributed by atoms with Gasteiger partial charge in [0.05, 0.1) is 22.3 Å². The minimum Gasteiger partial charge on any atom is -0.457 e. The lowest BCUT2D eigenvalue weighted by molar-refractivity contribution is -0.120. The second-order valence-corrected chi connectivity index (χ2v) is 46.5. The fourth-order valence-corrected chi connectivity index (χ4v) is 23.3. The largest absolute Gasteiger partial charge is 0.457 e. The molecule has 17 aromatic rings. The number of ether oxygens (including phenoxy) is 4. The van der Waals surface area contributed by atoms with Gasteiger partial charge in [-0.1, -0.05) is 284 Å². The molecule has 0 fully saturated rings. The number of fused-ring (bicyclic) bond motifs is 8. The Balaban J connectivity index is 0.936. The summed E-state index contributed by atoms with van der Waals surface area (Å²) in [5.41, 5.74) is 8.74. The predicted molar refractivity (Wildman–Crippen MR) is 565 cm³/mol. The summed E-state index contributed by atoms with van der Waals surface area (Å²) in [6.45, 7) is 48.4. The first-order chi connectivity index (χ1) is 66.1. The second-order valence-electron chi connectivity index (χ2n) is 46.5. The Morgan fingerprint density at radius 2 is 0.536 bits per heavy atom. The van der Waals surface area contributed by atoms with Crippen molar-refractivity contribution in [2.45, 2.75) is 225 Å². The standard InChI is InChI=1S/C124H124N4O12/c1-71-31-23-27-35-91(71)125-111(129)93(59-73-39-57-85-83-33-25-29-37-95(83)139-97(85)61-73)127-113(131)87-63-99(135-79-49-41-75(42-50-79)121(15,16)67-117(3,4)5)105-107-101(137-81-53-45-77(46-54-81)123(19,20)69-119(9,10)11)65-89-104-90(116(134)128(115(89)133)94(112(130)126-92-36-28-24-32-72(92)2)60-74-40-58-86-84-34-26-30-38-96(84)140-98(86)62-74)66-102(138-82-55-47-78(48-56-82)124(21,22)70-120(12,13)14)108(110(104)107)106-100(64-88(114(127)132)103(87)109(105)106)136-80-51-43-76(44-52-80)122(17,18)68-118(6,7)8/h23-58,61-66,93-94H,59-60,67-70H2,1-22H3,(H,125,129)(H,126,130). The molecule has 2 aliphatic heterocycles. The summed E-state index contributed by atoms with van der Waals surface area (Å²) in [7, 11) is 0. The van der Waals surface area contributed by atoms with E-state index in [0.29, 0.717) is 67.8 Å². The summed E-state index contributed by atoms with van der Waals surface area (Å²) < 4.78 is 44.0. The highest BCUT2D eigenvalue weighted by molar-refractivity contribution is 6.45. The number of rotatable bonds is 26. The third-order valence-corrected chi connectivity index (χ3v) is 28.1. The first-order valence-electron chi connectivity index (χ1n) is 48.9. The monoisotopic (exact) mass is 1860 g/mol. The Morgan fingerprint density at radius 1 is 0.286 bits per heavy atom. The zero-order valence-corrected chi connectivity index (χ0v) is 84.4. The fourth-order valence-electron chi connectivity index (χ4n) is 23.3. The number of nitrogens with one attached hydrogen (secondary N) is 2. The van der Waals surface area contributed by atoms with Crippen LogP contribution < -0.4 is 29.6 Å². The predicted octanol–water partition coefficient (Wildman–Crippen LogP) is 31.9. The molecule has 2 N–H and O–H groups in total. The van der Waals surface area contributed by atoms with E-state index in [1.165, 1.54) is 0 Å². The van der Waals surface area contributed by atoms with E-state index in [2.05, 4.69) is 198 Å². The van der Waals surface area contributed by atoms with Crippen molar-refractivity contribution >= 4 is 134 Å². The number of furan rings is 2. The molecule has 16 heteroatoms. The quantitative estimate of drug-likeness (QED) is 0.0296. The van der Waals surface area contributed by atoms with E-state index in [1.807, 2.05) is 184 Å². The van der Waals surface area contributed by atoms with Crippen LogP contribution in [0.5, 0.6) is 46.0 Å². The van der Waals surface area contributed by atoms with Crippen LogP contribution >= 0.6 is 0 Å². The van der Waals surface area contributed by atoms with E-state index in [0.717, 1.165) is 90.4 Å². The Hall–Kier alpha value is -14.4. The number of imide groups is 2. The molecule has 16 nitrogen and oxygen atoms in total. The van der Waals surface area contributed by atoms with Crippen LogP contribution in [-0.2, 0) is 44.1 Å². The van der Waals surface area contributed by atoms with Crippen LogP contribution in [0, 0.1) is 35.5 Å². The molecule has 0 spiro atoms. The van der Waals surface area contributed by atoms with Crippen LogP contribution in [0.15, 0.2) is 264 Å². The molecule has 2 atom stereocenters. The van der Waals surface area contributed by atoms with Gasteiger partial charge < -0.3 is 38.4 Å². The molecule has 0 saturated heterocycles. The zero-order valence-electron chi connectivity index (χ0n) is 84.4. The van der Waals surface area contributed by atoms with Gasteiger partial charge in [-0.05, 0) is 237 Å². The number of hydrogen-bond donors (Lipinski definition) is 2. The molecular formula is C124H124N4O12. The van der Waals surface area contributed by atoms with Gasteiger partial charge in [-0.15, -0.1) is 0 Å². The Bertz CT molecular complexity index is 7130. The first-order valence-corrected chi connectivity index (χ1v) is 48.9. The summed E-state index contributed by atoms with van der Waals surface area (Å²) in [6.07, 6.45) is 3.02. The lowest BCUT2D eigenvalue weighted by Gasteiger charge is -2.36. The fraction of sp³-hybridized carbons (Fsp3) is 0.306. The van der Waals surface area contributed by atoms with Crippen LogP contribution in [0.25, 0.3) is 87.0 Å². The van der Waals surface area contributed by atoms with Gasteiger partial charge in [0.2, 0.25) is 11.8 Å². The Morgan fingerprint density at radius 3 is 0.800 bits per heavy atom. The van der Waals surface area contributed by atoms with Gasteiger partial charge in [0, 0.05) is 88.9 Å². The summed E-state index contributed by atoms with van der Waals surface area (Å²) >= 11 is 0. The van der Waals surface area contributed by atoms with Gasteiger partial charge in [0.15, 0.2) is 0 Å². The van der Waals surface area contributed by atoms with Crippen molar-refractivity contribution in [1.29, 1.82) is 0 Å². The molecule has 2 aromatic heterocycles. The molecule has 2 aliphatic rings. The lowest BCUT2D eigenvalue weighted by Crippen LogP contribution is -2.53. The lowest BCUT2D eigenvalue weighted by atomic mass is 9.72. The van der Waals surface area contributed by atoms with Gasteiger partial charge in [0.25, 0.3) is 23.6 Å². The number of anilines is 2. The summed E-state index contributed by atoms with van der Waals surface area (Å²) in [4.78, 5) is 105. The number of aryl methyl sites for hydroxylation is 2. The maximum Gasteiger partial charge on any atom is 0.262 e. The highest BCUT2D eigenvalue weighted by Crippen LogP contribution is 2.60. The van der Waals surface area contributed by atoms with Crippen molar-refractivity contribution in [3.63, 3.8) is 0 Å². The maximum atomic E-state index is 17.5. The first kappa shape index (κ1) is 94.6. The van der Waals surface area contributed by atoms with E-state index in [1.54, 1.807) is 36.4 Å². The van der Waals surface area contributed by atoms with E-state index in [9.17, 15) is 0 Å². The van der Waals surface area contributed by atoms with Crippen molar-refractivity contribution in [1.82, 2.24) is 9.80 Å². The number of carbonyl (C=O) groups is 6. The van der Waals surface area contributed by atoms with Gasteiger partial charge in [-0.2, -0.15) is 0 Å². The van der Waals surface area contributed by atoms with Crippen molar-refractivity contribution < 1.29 is 56.5 Å². The number of hydrogen-bond acceptors (Lipinski definition) is 12. The molecule has 6 amide bonds. The average Bonchev–Trinajstić information content (AvgIpc) is 0.718. The maximum absolute atomic E-state index is 17.5. The smallest absolute Gasteiger partial charge is 0.262 e. The number of nitrogens with zero attached hydrogens (tertiary/aromatic N) is 2. The molecule has 0 bridgehead atoms. The number of benzene rings is 15. The van der Waals surface area contributed by atoms with Crippen LogP contribution in [0.3, 0.4) is 0 Å². The van der Waals surface area contributed by atoms with Crippen molar-refractivity contribution in [2.75, 3.05) is 10.6 Å². The second kappa shape index (κ2) is 34.9. The van der Waals surface area contributed by atoms with E-state index in [-0.39, 0.29) is 145 Å². The van der Waals surface area contributed by atoms with Crippen molar-refractivity contribution in [2.24, 2.45) is 21.7 Å². The molecule has 15 aromatic carbocycles. The van der Waals surface area contributed by atoms with Crippen LogP contribution in [0.1, 0.15) is 250 Å². The summed E-state index contributed by atoms with van der Waals surface area (Å²) in [5, 5.41) is 11.9. The molecule has 140 heavy (non-hydrogen) atoms. The minimum absolute atomic E-state index is 0.00710. The molecule has 712 valence electrons. The van der Waals surface area contributed by atoms with Crippen molar-refractivity contribution in [3.8, 4) is 46.0 Å². The third kappa shape index (κ3) is 18.2. The Labute approximate surface area is 819 Å². The average molecular weight is 1860 g/mol. The van der Waals surface area contributed by atoms with Gasteiger partial charge in [0.1, 0.15) is 80.4 Å². The van der Waals surface area contributed by atoms with E-state index in [4.69, 9.17) is 27.8 Å². The summed E-state index contributed by atoms with van der Waals surface area (Å²) in [5.74, 6) is -2.79. The molecule has 2 unspecified atom stereocenters. The zero-order chi connectivity index (χ0) is 99.3. The minimum atomic E-state index is -1.55. The third-order valence-electron chi connectivity index (χ3n) is 28.1. The molecule has 0 radical (unpaired) electrons. The molecule has 0 saturated carbocycles. The molecular weight excluding hydrogens is 1740 g/mol. The van der Waals surface area contributed by atoms with E-state index < -0.39 is 47.5 Å². The SMILES string of the molecule is Cc1ccccc1NC(=O)C(Cc1ccc2c(c1)oc1ccccc12)N1C(=O)c2cc(Oc3ccc(C(C)(C)CC(C)(C)C)cc3)c3c4c(Oc5ccc(C(C)(C)CC(C)(C)C)cc5)cc5c6c(cc(Oc7ccc(C(C)(C)CC(C)(C)C)cc7)c(c7c(Oc8ccc(C(C)(C)CC(C)(C)C)cc8)cc(c2c37)C1=O)c64)C(=O)N(C(Cc1ccc2c(c1)oc1ccccc12)C(=O)Nc1ccccc1C)C5=O. The Kier molecular flexibility index (Phi) is 23.6. The van der Waals surface area contributed by atoms with Gasteiger partial charge in [-0.3, -0.25) is 38.6 Å². The number of amides is 6. The van der Waals surface area contributed by atoms with E-state index >= 15 is 28.8 Å². The summed E-state index contributed by atoms with van der Waals surface area (Å²) in [6, 6.07) is 77.1. The number of para-hydroxylation sites is 4. The highest BCUT2D eigenvalue weighted by atomic mass is 16.5. The normalized spacial score (nSPS) is 14.1. The molecule has 19 rings (SSSR count). The van der Waals surface area contributed by atoms with Crippen LogP contribution in [-0.4, -0.2) is 57.3 Å². The number of carbonyl (C=O) groups excluding carboxylic acids is 6. The topological polar surface area (TPSA) is 196 Å². The highest BCUT2D eigenvalue weighted by Gasteiger charge is 2.48. The van der Waals surface area contributed by atoms with Crippen LogP contribution in [0.4, 0.5) is 11.4 Å². The van der Waals surface area contributed by atoms with Gasteiger partial charge in [-0.25, -0.2) is 0 Å². The molecule has 4 heterocycles.